The van der Waals surface area contributed by atoms with Crippen LogP contribution in [0.3, 0.4) is 0 Å². The molecule has 0 aromatic carbocycles. The lowest BCUT2D eigenvalue weighted by atomic mass is 10.1. The van der Waals surface area contributed by atoms with Crippen molar-refractivity contribution in [2.75, 3.05) is 6.54 Å². The van der Waals surface area contributed by atoms with Crippen LogP contribution >= 0.6 is 0 Å². The standard InChI is InChI=1S/C9H18N2/c1-3-8(2)11-9-6-4-5-7-10-9/h8H,3-7H2,1-2H3,(H,10,11)/t8-/m1/s1. The molecule has 0 radical (unpaired) electrons. The van der Waals surface area contributed by atoms with Crippen LogP contribution in [-0.2, 0) is 0 Å². The molecule has 0 bridgehead atoms. The highest BCUT2D eigenvalue weighted by molar-refractivity contribution is 5.82. The molecule has 2 nitrogen and oxygen atoms in total. The highest BCUT2D eigenvalue weighted by atomic mass is 15.0. The Morgan fingerprint density at radius 2 is 2.36 bits per heavy atom. The smallest absolute Gasteiger partial charge is 0.0965 e. The molecule has 64 valence electrons. The molecule has 1 N–H and O–H groups in total. The first kappa shape index (κ1) is 8.57. The summed E-state index contributed by atoms with van der Waals surface area (Å²) < 4.78 is 0. The van der Waals surface area contributed by atoms with Crippen LogP contribution in [-0.4, -0.2) is 18.4 Å². The maximum Gasteiger partial charge on any atom is 0.0965 e. The summed E-state index contributed by atoms with van der Waals surface area (Å²) in [7, 11) is 0. The van der Waals surface area contributed by atoms with E-state index >= 15 is 0 Å². The Balaban J connectivity index is 2.29. The Hall–Kier alpha value is -0.530. The lowest BCUT2D eigenvalue weighted by Crippen LogP contribution is -2.33. The minimum Gasteiger partial charge on any atom is -0.371 e. The molecular formula is C9H18N2. The average molecular weight is 154 g/mol. The number of aliphatic imine (C=N–C) groups is 1. The number of hydrogen-bond donors (Lipinski definition) is 1. The lowest BCUT2D eigenvalue weighted by molar-refractivity contribution is 0.613. The van der Waals surface area contributed by atoms with E-state index in [9.17, 15) is 0 Å². The number of nitrogens with one attached hydrogen (secondary N) is 1. The molecule has 1 aliphatic rings. The number of amidine groups is 1. The van der Waals surface area contributed by atoms with Gasteiger partial charge in [-0.3, -0.25) is 4.99 Å². The summed E-state index contributed by atoms with van der Waals surface area (Å²) in [6.07, 6.45) is 4.91. The Morgan fingerprint density at radius 3 is 2.91 bits per heavy atom. The Bertz CT molecular complexity index is 140. The topological polar surface area (TPSA) is 24.4 Å². The van der Waals surface area contributed by atoms with Crippen LogP contribution in [0.4, 0.5) is 0 Å². The molecule has 1 atom stereocenters. The van der Waals surface area contributed by atoms with Crippen LogP contribution in [0.25, 0.3) is 0 Å². The van der Waals surface area contributed by atoms with Crippen molar-refractivity contribution in [2.45, 2.75) is 45.6 Å². The molecule has 0 aromatic heterocycles. The van der Waals surface area contributed by atoms with Gasteiger partial charge in [-0.1, -0.05) is 6.92 Å². The summed E-state index contributed by atoms with van der Waals surface area (Å²) >= 11 is 0. The van der Waals surface area contributed by atoms with Gasteiger partial charge in [0, 0.05) is 19.0 Å². The van der Waals surface area contributed by atoms with Gasteiger partial charge < -0.3 is 5.32 Å². The van der Waals surface area contributed by atoms with E-state index in [4.69, 9.17) is 0 Å². The third-order valence-electron chi connectivity index (χ3n) is 2.15. The third kappa shape index (κ3) is 2.91. The van der Waals surface area contributed by atoms with E-state index in [2.05, 4.69) is 24.2 Å². The van der Waals surface area contributed by atoms with Crippen molar-refractivity contribution >= 4 is 5.84 Å². The van der Waals surface area contributed by atoms with E-state index in [1.807, 2.05) is 0 Å². The largest absolute Gasteiger partial charge is 0.371 e. The van der Waals surface area contributed by atoms with Gasteiger partial charge in [-0.25, -0.2) is 0 Å². The first-order valence-electron chi connectivity index (χ1n) is 4.62. The van der Waals surface area contributed by atoms with Crippen LogP contribution in [0.1, 0.15) is 39.5 Å². The first-order chi connectivity index (χ1) is 5.33. The molecule has 2 heteroatoms. The van der Waals surface area contributed by atoms with Crippen molar-refractivity contribution in [2.24, 2.45) is 4.99 Å². The molecule has 0 aromatic rings. The van der Waals surface area contributed by atoms with E-state index in [0.29, 0.717) is 6.04 Å². The quantitative estimate of drug-likeness (QED) is 0.646. The van der Waals surface area contributed by atoms with Crippen LogP contribution in [0.5, 0.6) is 0 Å². The zero-order chi connectivity index (χ0) is 8.10. The fourth-order valence-electron chi connectivity index (χ4n) is 1.20. The molecule has 0 spiro atoms. The molecule has 1 rings (SSSR count). The van der Waals surface area contributed by atoms with Crippen molar-refractivity contribution in [3.63, 3.8) is 0 Å². The summed E-state index contributed by atoms with van der Waals surface area (Å²) in [5.41, 5.74) is 0. The molecule has 0 aliphatic carbocycles. The van der Waals surface area contributed by atoms with E-state index < -0.39 is 0 Å². The lowest BCUT2D eigenvalue weighted by Gasteiger charge is -2.17. The maximum absolute atomic E-state index is 4.42. The molecule has 0 saturated heterocycles. The predicted octanol–water partition coefficient (Wildman–Crippen LogP) is 1.96. The number of hydrogen-bond acceptors (Lipinski definition) is 2. The van der Waals surface area contributed by atoms with Crippen LogP contribution in [0, 0.1) is 0 Å². The molecular weight excluding hydrogens is 136 g/mol. The minimum absolute atomic E-state index is 0.590. The van der Waals surface area contributed by atoms with Gasteiger partial charge in [0.15, 0.2) is 0 Å². The van der Waals surface area contributed by atoms with Crippen molar-refractivity contribution in [1.29, 1.82) is 0 Å². The minimum atomic E-state index is 0.590. The van der Waals surface area contributed by atoms with Crippen LogP contribution in [0.2, 0.25) is 0 Å². The zero-order valence-corrected chi connectivity index (χ0v) is 7.56. The molecule has 0 saturated carbocycles. The fraction of sp³-hybridized carbons (Fsp3) is 0.889. The van der Waals surface area contributed by atoms with Crippen molar-refractivity contribution < 1.29 is 0 Å². The van der Waals surface area contributed by atoms with Gasteiger partial charge in [-0.15, -0.1) is 0 Å². The second kappa shape index (κ2) is 4.37. The molecule has 0 amide bonds. The zero-order valence-electron chi connectivity index (χ0n) is 7.56. The Morgan fingerprint density at radius 1 is 1.55 bits per heavy atom. The predicted molar refractivity (Wildman–Crippen MR) is 49.0 cm³/mol. The average Bonchev–Trinajstić information content (AvgIpc) is 2.06. The number of nitrogens with zero attached hydrogens (tertiary/aromatic N) is 1. The fourth-order valence-corrected chi connectivity index (χ4v) is 1.20. The summed E-state index contributed by atoms with van der Waals surface area (Å²) in [5.74, 6) is 1.23. The van der Waals surface area contributed by atoms with Crippen molar-refractivity contribution in [3.05, 3.63) is 0 Å². The van der Waals surface area contributed by atoms with Gasteiger partial charge in [-0.2, -0.15) is 0 Å². The summed E-state index contributed by atoms with van der Waals surface area (Å²) in [4.78, 5) is 4.42. The molecule has 1 heterocycles. The molecule has 0 unspecified atom stereocenters. The van der Waals surface area contributed by atoms with Gasteiger partial charge in [-0.05, 0) is 26.2 Å². The monoisotopic (exact) mass is 154 g/mol. The van der Waals surface area contributed by atoms with Gasteiger partial charge in [0.25, 0.3) is 0 Å². The Kier molecular flexibility index (Phi) is 3.40. The highest BCUT2D eigenvalue weighted by Crippen LogP contribution is 2.04. The maximum atomic E-state index is 4.42. The summed E-state index contributed by atoms with van der Waals surface area (Å²) in [5, 5.41) is 3.42. The van der Waals surface area contributed by atoms with Crippen molar-refractivity contribution in [3.8, 4) is 0 Å². The Labute approximate surface area is 69.1 Å². The van der Waals surface area contributed by atoms with E-state index in [1.54, 1.807) is 0 Å². The molecule has 0 fully saturated rings. The molecule has 1 aliphatic heterocycles. The summed E-state index contributed by atoms with van der Waals surface area (Å²) in [6, 6.07) is 0.590. The van der Waals surface area contributed by atoms with Gasteiger partial charge in [0.2, 0.25) is 0 Å². The van der Waals surface area contributed by atoms with E-state index in [1.165, 1.54) is 25.1 Å². The normalized spacial score (nSPS) is 20.7. The van der Waals surface area contributed by atoms with Crippen LogP contribution < -0.4 is 5.32 Å². The third-order valence-corrected chi connectivity index (χ3v) is 2.15. The second-order valence-corrected chi connectivity index (χ2v) is 3.24. The van der Waals surface area contributed by atoms with Gasteiger partial charge >= 0.3 is 0 Å². The number of rotatable bonds is 2. The second-order valence-electron chi connectivity index (χ2n) is 3.24. The molecule has 11 heavy (non-hydrogen) atoms. The SMILES string of the molecule is CC[C@@H](C)NC1=NCCCC1. The first-order valence-corrected chi connectivity index (χ1v) is 4.62. The van der Waals surface area contributed by atoms with E-state index in [-0.39, 0.29) is 0 Å². The van der Waals surface area contributed by atoms with Gasteiger partial charge in [0.05, 0.1) is 5.84 Å². The summed E-state index contributed by atoms with van der Waals surface area (Å²) in [6.45, 7) is 5.43. The van der Waals surface area contributed by atoms with E-state index in [0.717, 1.165) is 13.0 Å². The highest BCUT2D eigenvalue weighted by Gasteiger charge is 2.06. The van der Waals surface area contributed by atoms with Gasteiger partial charge in [0.1, 0.15) is 0 Å². The van der Waals surface area contributed by atoms with Crippen LogP contribution in [0.15, 0.2) is 4.99 Å². The van der Waals surface area contributed by atoms with Crippen molar-refractivity contribution in [1.82, 2.24) is 5.32 Å².